The van der Waals surface area contributed by atoms with Crippen molar-refractivity contribution in [1.29, 1.82) is 0 Å². The van der Waals surface area contributed by atoms with E-state index in [0.29, 0.717) is 6.67 Å². The molecule has 1 unspecified atom stereocenters. The summed E-state index contributed by atoms with van der Waals surface area (Å²) in [5.41, 5.74) is -0.344. The van der Waals surface area contributed by atoms with Crippen molar-refractivity contribution in [1.82, 2.24) is 10.2 Å². The number of hydrogen-bond donors (Lipinski definition) is 1. The molecule has 1 aliphatic rings. The lowest BCUT2D eigenvalue weighted by molar-refractivity contribution is -0.132. The van der Waals surface area contributed by atoms with Crippen molar-refractivity contribution in [2.75, 3.05) is 26.4 Å². The first-order chi connectivity index (χ1) is 8.14. The van der Waals surface area contributed by atoms with Gasteiger partial charge in [-0.3, -0.25) is 10.1 Å². The van der Waals surface area contributed by atoms with E-state index in [-0.39, 0.29) is 11.4 Å². The Labute approximate surface area is 105 Å². The summed E-state index contributed by atoms with van der Waals surface area (Å²) in [7, 11) is 0. The molecule has 0 aliphatic carbocycles. The van der Waals surface area contributed by atoms with E-state index in [1.807, 2.05) is 18.7 Å². The van der Waals surface area contributed by atoms with E-state index in [2.05, 4.69) is 12.2 Å². The lowest BCUT2D eigenvalue weighted by Gasteiger charge is -2.20. The average molecular weight is 242 g/mol. The molecule has 0 aromatic rings. The number of rotatable bonds is 8. The predicted molar refractivity (Wildman–Crippen MR) is 68.8 cm³/mol. The third-order valence-electron chi connectivity index (χ3n) is 3.49. The van der Waals surface area contributed by atoms with Crippen molar-refractivity contribution >= 4 is 5.91 Å². The monoisotopic (exact) mass is 242 g/mol. The summed E-state index contributed by atoms with van der Waals surface area (Å²) in [4.78, 5) is 13.9. The zero-order valence-corrected chi connectivity index (χ0v) is 11.4. The second-order valence-electron chi connectivity index (χ2n) is 4.91. The largest absolute Gasteiger partial charge is 0.381 e. The maximum absolute atomic E-state index is 12.0. The zero-order valence-electron chi connectivity index (χ0n) is 11.4. The molecule has 0 aromatic carbocycles. The van der Waals surface area contributed by atoms with E-state index < -0.39 is 0 Å². The molecule has 1 atom stereocenters. The number of unbranched alkanes of at least 4 members (excludes halogenated alkanes) is 1. The molecule has 1 aliphatic heterocycles. The van der Waals surface area contributed by atoms with Crippen LogP contribution in [0.15, 0.2) is 0 Å². The number of nitrogens with zero attached hydrogens (tertiary/aromatic N) is 1. The number of amides is 1. The van der Waals surface area contributed by atoms with Crippen LogP contribution in [0.25, 0.3) is 0 Å². The Morgan fingerprint density at radius 3 is 2.65 bits per heavy atom. The van der Waals surface area contributed by atoms with E-state index in [9.17, 15) is 4.79 Å². The number of carbonyl (C=O) groups excluding carboxylic acids is 1. The maximum Gasteiger partial charge on any atom is 0.243 e. The molecule has 1 fully saturated rings. The first-order valence-corrected chi connectivity index (χ1v) is 6.76. The van der Waals surface area contributed by atoms with Crippen LogP contribution >= 0.6 is 0 Å². The Morgan fingerprint density at radius 2 is 2.06 bits per heavy atom. The summed E-state index contributed by atoms with van der Waals surface area (Å²) < 4.78 is 5.49. The molecule has 0 bridgehead atoms. The molecule has 0 radical (unpaired) electrons. The molecule has 1 rings (SSSR count). The Hall–Kier alpha value is -0.610. The predicted octanol–water partition coefficient (Wildman–Crippen LogP) is 1.75. The van der Waals surface area contributed by atoms with Crippen molar-refractivity contribution in [3.8, 4) is 0 Å². The van der Waals surface area contributed by atoms with E-state index >= 15 is 0 Å². The highest BCUT2D eigenvalue weighted by molar-refractivity contribution is 5.87. The Morgan fingerprint density at radius 1 is 1.35 bits per heavy atom. The molecular weight excluding hydrogens is 216 g/mol. The number of carbonyl (C=O) groups is 1. The van der Waals surface area contributed by atoms with Crippen LogP contribution in [0.1, 0.15) is 46.5 Å². The zero-order chi connectivity index (χ0) is 12.7. The third-order valence-corrected chi connectivity index (χ3v) is 3.49. The summed E-state index contributed by atoms with van der Waals surface area (Å²) in [6, 6.07) is 0. The van der Waals surface area contributed by atoms with Crippen molar-refractivity contribution < 1.29 is 9.53 Å². The van der Waals surface area contributed by atoms with E-state index in [1.54, 1.807) is 0 Å². The van der Waals surface area contributed by atoms with Gasteiger partial charge in [0.1, 0.15) is 0 Å². The summed E-state index contributed by atoms with van der Waals surface area (Å²) in [6.07, 6.45) is 4.06. The number of nitrogens with one attached hydrogen (secondary N) is 1. The van der Waals surface area contributed by atoms with Crippen LogP contribution < -0.4 is 5.32 Å². The summed E-state index contributed by atoms with van der Waals surface area (Å²) >= 11 is 0. The average Bonchev–Trinajstić information content (AvgIpc) is 2.62. The summed E-state index contributed by atoms with van der Waals surface area (Å²) in [5, 5.41) is 3.28. The molecular formula is C13H26N2O2. The van der Waals surface area contributed by atoms with Gasteiger partial charge in [0.15, 0.2) is 0 Å². The quantitative estimate of drug-likeness (QED) is 0.659. The van der Waals surface area contributed by atoms with Gasteiger partial charge in [0.2, 0.25) is 5.91 Å². The normalized spacial score (nSPS) is 24.6. The second kappa shape index (κ2) is 6.97. The standard InChI is InChI=1S/C13H26N2O2/c1-4-6-9-17-10-7-8-15-11-14-13(3,5-2)12(15)16/h14H,4-11H2,1-3H3. The minimum absolute atomic E-state index is 0.230. The highest BCUT2D eigenvalue weighted by atomic mass is 16.5. The summed E-state index contributed by atoms with van der Waals surface area (Å²) in [6.45, 7) is 9.26. The van der Waals surface area contributed by atoms with Gasteiger partial charge >= 0.3 is 0 Å². The van der Waals surface area contributed by atoms with Crippen LogP contribution in [0.5, 0.6) is 0 Å². The Kier molecular flexibility index (Phi) is 5.92. The SMILES string of the molecule is CCCCOCCCN1CNC(C)(CC)C1=O. The fraction of sp³-hybridized carbons (Fsp3) is 0.923. The molecule has 1 saturated heterocycles. The van der Waals surface area contributed by atoms with E-state index in [0.717, 1.165) is 39.0 Å². The third kappa shape index (κ3) is 3.96. The molecule has 100 valence electrons. The van der Waals surface area contributed by atoms with Gasteiger partial charge in [-0.2, -0.15) is 0 Å². The number of hydrogen-bond acceptors (Lipinski definition) is 3. The molecule has 1 N–H and O–H groups in total. The van der Waals surface area contributed by atoms with Gasteiger partial charge in [-0.15, -0.1) is 0 Å². The fourth-order valence-corrected chi connectivity index (χ4v) is 1.93. The Balaban J connectivity index is 2.15. The van der Waals surface area contributed by atoms with Gasteiger partial charge in [0.05, 0.1) is 12.2 Å². The highest BCUT2D eigenvalue weighted by Crippen LogP contribution is 2.18. The van der Waals surface area contributed by atoms with Gasteiger partial charge in [0.25, 0.3) is 0 Å². The fourth-order valence-electron chi connectivity index (χ4n) is 1.93. The topological polar surface area (TPSA) is 41.6 Å². The molecule has 4 heteroatoms. The van der Waals surface area contributed by atoms with Crippen LogP contribution in [-0.2, 0) is 9.53 Å². The minimum Gasteiger partial charge on any atom is -0.381 e. The van der Waals surface area contributed by atoms with Crippen LogP contribution in [0.2, 0.25) is 0 Å². The minimum atomic E-state index is -0.344. The van der Waals surface area contributed by atoms with Crippen molar-refractivity contribution in [3.63, 3.8) is 0 Å². The molecule has 0 aromatic heterocycles. The van der Waals surface area contributed by atoms with E-state index in [1.165, 1.54) is 6.42 Å². The van der Waals surface area contributed by atoms with Gasteiger partial charge in [0, 0.05) is 19.8 Å². The Bertz CT molecular complexity index is 246. The second-order valence-corrected chi connectivity index (χ2v) is 4.91. The molecule has 0 saturated carbocycles. The molecule has 1 heterocycles. The van der Waals surface area contributed by atoms with Gasteiger partial charge in [-0.1, -0.05) is 20.3 Å². The van der Waals surface area contributed by atoms with Crippen LogP contribution in [0.4, 0.5) is 0 Å². The van der Waals surface area contributed by atoms with Gasteiger partial charge < -0.3 is 9.64 Å². The molecule has 4 nitrogen and oxygen atoms in total. The van der Waals surface area contributed by atoms with Crippen molar-refractivity contribution in [2.24, 2.45) is 0 Å². The first-order valence-electron chi connectivity index (χ1n) is 6.76. The van der Waals surface area contributed by atoms with Gasteiger partial charge in [-0.25, -0.2) is 0 Å². The smallest absolute Gasteiger partial charge is 0.243 e. The maximum atomic E-state index is 12.0. The molecule has 17 heavy (non-hydrogen) atoms. The van der Waals surface area contributed by atoms with Crippen LogP contribution in [0.3, 0.4) is 0 Å². The molecule has 0 spiro atoms. The lowest BCUT2D eigenvalue weighted by Crippen LogP contribution is -2.43. The summed E-state index contributed by atoms with van der Waals surface area (Å²) in [5.74, 6) is 0.230. The molecule has 1 amide bonds. The van der Waals surface area contributed by atoms with Crippen molar-refractivity contribution in [3.05, 3.63) is 0 Å². The van der Waals surface area contributed by atoms with Crippen LogP contribution in [0, 0.1) is 0 Å². The van der Waals surface area contributed by atoms with Crippen molar-refractivity contribution in [2.45, 2.75) is 52.0 Å². The first kappa shape index (κ1) is 14.5. The van der Waals surface area contributed by atoms with E-state index in [4.69, 9.17) is 4.74 Å². The number of ether oxygens (including phenoxy) is 1. The van der Waals surface area contributed by atoms with Crippen LogP contribution in [-0.4, -0.2) is 42.8 Å². The van der Waals surface area contributed by atoms with Gasteiger partial charge in [-0.05, 0) is 26.2 Å². The highest BCUT2D eigenvalue weighted by Gasteiger charge is 2.40. The lowest BCUT2D eigenvalue weighted by atomic mass is 9.99.